The monoisotopic (exact) mass is 305 g/mol. The first-order chi connectivity index (χ1) is 8.91. The third-order valence-electron chi connectivity index (χ3n) is 2.16. The number of rotatable bonds is 7. The second-order valence-corrected chi connectivity index (χ2v) is 6.51. The maximum atomic E-state index is 10.7. The van der Waals surface area contributed by atoms with Gasteiger partial charge >= 0.3 is 6.72 Å². The smallest absolute Gasteiger partial charge is 0.380 e. The number of aryl methyl sites for hydroxylation is 1. The minimum absolute atomic E-state index is 0.0356. The largest absolute Gasteiger partial charge is 0.424 e. The molecule has 1 rings (SSSR count). The maximum absolute atomic E-state index is 10.7. The van der Waals surface area contributed by atoms with Crippen molar-refractivity contribution in [3.8, 4) is 5.75 Å². The van der Waals surface area contributed by atoms with Crippen LogP contribution in [0.3, 0.4) is 0 Å². The van der Waals surface area contributed by atoms with Crippen molar-refractivity contribution in [2.45, 2.75) is 20.8 Å². The van der Waals surface area contributed by atoms with Gasteiger partial charge in [0.1, 0.15) is 5.75 Å². The van der Waals surface area contributed by atoms with E-state index in [-0.39, 0.29) is 5.69 Å². The van der Waals surface area contributed by atoms with E-state index >= 15 is 0 Å². The van der Waals surface area contributed by atoms with Crippen LogP contribution in [0.25, 0.3) is 0 Å². The fourth-order valence-electron chi connectivity index (χ4n) is 1.42. The lowest BCUT2D eigenvalue weighted by Gasteiger charge is -2.21. The molecule has 0 saturated carbocycles. The second-order valence-electron chi connectivity index (χ2n) is 3.58. The Kier molecular flexibility index (Phi) is 5.87. The average molecular weight is 305 g/mol. The molecule has 106 valence electrons. The Labute approximate surface area is 117 Å². The molecule has 0 aliphatic heterocycles. The molecule has 0 saturated heterocycles. The maximum Gasteiger partial charge on any atom is 0.380 e. The van der Waals surface area contributed by atoms with Gasteiger partial charge in [-0.3, -0.25) is 19.2 Å². The zero-order valence-corrected chi connectivity index (χ0v) is 12.7. The van der Waals surface area contributed by atoms with Gasteiger partial charge in [-0.1, -0.05) is 0 Å². The van der Waals surface area contributed by atoms with Crippen LogP contribution in [0.2, 0.25) is 0 Å². The topological polar surface area (TPSA) is 70.8 Å². The molecule has 0 atom stereocenters. The predicted molar refractivity (Wildman–Crippen MR) is 76.0 cm³/mol. The van der Waals surface area contributed by atoms with Crippen LogP contribution in [0.15, 0.2) is 18.2 Å². The number of nitrogens with zero attached hydrogens (tertiary/aromatic N) is 1. The van der Waals surface area contributed by atoms with Crippen molar-refractivity contribution in [3.63, 3.8) is 0 Å². The summed E-state index contributed by atoms with van der Waals surface area (Å²) in [5, 5.41) is 10.7. The Morgan fingerprint density at radius 2 is 1.89 bits per heavy atom. The third kappa shape index (κ3) is 4.54. The summed E-state index contributed by atoms with van der Waals surface area (Å²) in [5.74, 6) is 0.410. The average Bonchev–Trinajstić information content (AvgIpc) is 2.28. The van der Waals surface area contributed by atoms with Gasteiger partial charge < -0.3 is 4.52 Å². The summed E-state index contributed by atoms with van der Waals surface area (Å²) in [6.45, 7) is 3.15. The lowest BCUT2D eigenvalue weighted by molar-refractivity contribution is -0.385. The van der Waals surface area contributed by atoms with Gasteiger partial charge in [0, 0.05) is 23.4 Å². The van der Waals surface area contributed by atoms with Gasteiger partial charge in [0.05, 0.1) is 18.1 Å². The van der Waals surface area contributed by atoms with E-state index in [9.17, 15) is 10.1 Å². The number of benzene rings is 1. The molecular weight excluding hydrogens is 289 g/mol. The third-order valence-corrected chi connectivity index (χ3v) is 4.60. The van der Waals surface area contributed by atoms with E-state index in [0.717, 1.165) is 0 Å². The number of nitro benzene ring substituents is 1. The van der Waals surface area contributed by atoms with Crippen molar-refractivity contribution in [3.05, 3.63) is 33.9 Å². The summed E-state index contributed by atoms with van der Waals surface area (Å²) >= 11 is 5.22. The Morgan fingerprint density at radius 3 is 2.32 bits per heavy atom. The summed E-state index contributed by atoms with van der Waals surface area (Å²) in [4.78, 5) is 10.3. The summed E-state index contributed by atoms with van der Waals surface area (Å²) < 4.78 is 16.2. The van der Waals surface area contributed by atoms with E-state index in [0.29, 0.717) is 24.5 Å². The van der Waals surface area contributed by atoms with Gasteiger partial charge in [-0.25, -0.2) is 0 Å². The SMILES string of the molecule is CCOP(=S)(OCC)Oc1ccc([N+](=O)[O-])c(C)c1. The molecule has 1 aromatic rings. The molecule has 0 N–H and O–H groups in total. The first-order valence-corrected chi connectivity index (χ1v) is 8.31. The minimum Gasteiger partial charge on any atom is -0.424 e. The van der Waals surface area contributed by atoms with E-state index in [1.807, 2.05) is 0 Å². The molecule has 0 aromatic heterocycles. The van der Waals surface area contributed by atoms with E-state index in [4.69, 9.17) is 25.4 Å². The first-order valence-electron chi connectivity index (χ1n) is 5.75. The highest BCUT2D eigenvalue weighted by atomic mass is 32.5. The normalized spacial score (nSPS) is 11.3. The fourth-order valence-corrected chi connectivity index (χ4v) is 3.50. The van der Waals surface area contributed by atoms with Gasteiger partial charge in [-0.05, 0) is 32.9 Å². The predicted octanol–water partition coefficient (Wildman–Crippen LogP) is 3.58. The Balaban J connectivity index is 2.95. The molecule has 0 radical (unpaired) electrons. The van der Waals surface area contributed by atoms with Crippen LogP contribution in [0.5, 0.6) is 5.75 Å². The van der Waals surface area contributed by atoms with Crippen molar-refractivity contribution in [2.24, 2.45) is 0 Å². The summed E-state index contributed by atoms with van der Waals surface area (Å²) in [7, 11) is 0. The second kappa shape index (κ2) is 6.96. The Hall–Kier alpha value is -1.01. The van der Waals surface area contributed by atoms with Gasteiger partial charge in [-0.2, -0.15) is 0 Å². The molecular formula is C11H16NO5PS. The van der Waals surface area contributed by atoms with E-state index in [2.05, 4.69) is 0 Å². The molecule has 8 heteroatoms. The number of hydrogen-bond acceptors (Lipinski definition) is 6. The standard InChI is InChI=1S/C11H16NO5PS/c1-4-15-18(19,16-5-2)17-10-6-7-11(12(13)14)9(3)8-10/h6-8H,4-5H2,1-3H3. The number of hydrogen-bond donors (Lipinski definition) is 0. The van der Waals surface area contributed by atoms with Gasteiger partial charge in [-0.15, -0.1) is 0 Å². The molecule has 0 aliphatic carbocycles. The highest BCUT2D eigenvalue weighted by Gasteiger charge is 2.22. The summed E-state index contributed by atoms with van der Waals surface area (Å²) in [6.07, 6.45) is 0. The van der Waals surface area contributed by atoms with E-state index in [1.54, 1.807) is 26.8 Å². The molecule has 0 amide bonds. The van der Waals surface area contributed by atoms with Crippen molar-refractivity contribution in [1.82, 2.24) is 0 Å². The zero-order chi connectivity index (χ0) is 14.5. The van der Waals surface area contributed by atoms with Crippen LogP contribution >= 0.6 is 6.72 Å². The molecule has 19 heavy (non-hydrogen) atoms. The Morgan fingerprint density at radius 1 is 1.32 bits per heavy atom. The van der Waals surface area contributed by atoms with E-state index in [1.165, 1.54) is 12.1 Å². The zero-order valence-electron chi connectivity index (χ0n) is 11.0. The van der Waals surface area contributed by atoms with Crippen LogP contribution in [0.4, 0.5) is 5.69 Å². The lowest BCUT2D eigenvalue weighted by Crippen LogP contribution is -2.02. The summed E-state index contributed by atoms with van der Waals surface area (Å²) in [5.41, 5.74) is 0.533. The lowest BCUT2D eigenvalue weighted by atomic mass is 10.2. The van der Waals surface area contributed by atoms with Gasteiger partial charge in [0.25, 0.3) is 5.69 Å². The highest BCUT2D eigenvalue weighted by molar-refractivity contribution is 8.07. The Bertz CT molecular complexity index is 498. The molecule has 0 heterocycles. The molecule has 0 spiro atoms. The molecule has 0 unspecified atom stereocenters. The highest BCUT2D eigenvalue weighted by Crippen LogP contribution is 2.50. The van der Waals surface area contributed by atoms with Gasteiger partial charge in [0.15, 0.2) is 0 Å². The summed E-state index contributed by atoms with van der Waals surface area (Å²) in [6, 6.07) is 4.42. The van der Waals surface area contributed by atoms with Crippen molar-refractivity contribution in [2.75, 3.05) is 13.2 Å². The van der Waals surface area contributed by atoms with Gasteiger partial charge in [0.2, 0.25) is 0 Å². The van der Waals surface area contributed by atoms with Crippen molar-refractivity contribution in [1.29, 1.82) is 0 Å². The van der Waals surface area contributed by atoms with Crippen LogP contribution < -0.4 is 4.52 Å². The van der Waals surface area contributed by atoms with Crippen molar-refractivity contribution >= 4 is 24.2 Å². The van der Waals surface area contributed by atoms with Crippen LogP contribution in [-0.2, 0) is 20.9 Å². The van der Waals surface area contributed by atoms with Crippen molar-refractivity contribution < 1.29 is 18.5 Å². The molecule has 6 nitrogen and oxygen atoms in total. The first kappa shape index (κ1) is 16.0. The molecule has 0 aliphatic rings. The molecule has 0 fully saturated rings. The van der Waals surface area contributed by atoms with Crippen LogP contribution in [0, 0.1) is 17.0 Å². The molecule has 0 bridgehead atoms. The minimum atomic E-state index is -2.84. The van der Waals surface area contributed by atoms with Crippen LogP contribution in [0.1, 0.15) is 19.4 Å². The fraction of sp³-hybridized carbons (Fsp3) is 0.455. The van der Waals surface area contributed by atoms with Crippen LogP contribution in [-0.4, -0.2) is 18.1 Å². The molecule has 1 aromatic carbocycles. The number of nitro groups is 1. The van der Waals surface area contributed by atoms with E-state index < -0.39 is 11.6 Å². The quantitative estimate of drug-likeness (QED) is 0.435.